The van der Waals surface area contributed by atoms with Gasteiger partial charge in [-0.1, -0.05) is 6.08 Å². The van der Waals surface area contributed by atoms with Crippen LogP contribution in [0.1, 0.15) is 9.67 Å². The van der Waals surface area contributed by atoms with Gasteiger partial charge in [-0.15, -0.1) is 17.9 Å². The number of nitrogens with zero attached hydrogens (tertiary/aromatic N) is 1. The van der Waals surface area contributed by atoms with Gasteiger partial charge in [0, 0.05) is 13.6 Å². The van der Waals surface area contributed by atoms with E-state index in [1.807, 2.05) is 0 Å². The van der Waals surface area contributed by atoms with Gasteiger partial charge >= 0.3 is 12.0 Å². The summed E-state index contributed by atoms with van der Waals surface area (Å²) in [6, 6.07) is 1.35. The molecule has 0 saturated heterocycles. The average Bonchev–Trinajstić information content (AvgIpc) is 2.69. The van der Waals surface area contributed by atoms with Gasteiger partial charge in [0.15, 0.2) is 0 Å². The maximum absolute atomic E-state index is 11.8. The fraction of sp³-hybridized carbons (Fsp3) is 0.273. The Bertz CT molecular complexity index is 473. The number of amides is 2. The Morgan fingerprint density at radius 1 is 1.67 bits per heavy atom. The van der Waals surface area contributed by atoms with E-state index < -0.39 is 5.97 Å². The standard InChI is InChI=1S/C11H13BrN2O3S/c1-4-5-14(2)11(16)13-7-6-8(12)18-9(7)10(15)17-3/h4,6H,1,5H2,2-3H3,(H,13,16). The fourth-order valence-corrected chi connectivity index (χ4v) is 2.66. The highest BCUT2D eigenvalue weighted by Gasteiger charge is 2.18. The summed E-state index contributed by atoms with van der Waals surface area (Å²) in [6.45, 7) is 3.97. The molecule has 0 aliphatic carbocycles. The van der Waals surface area contributed by atoms with Crippen molar-refractivity contribution in [3.8, 4) is 0 Å². The van der Waals surface area contributed by atoms with Crippen molar-refractivity contribution < 1.29 is 14.3 Å². The topological polar surface area (TPSA) is 58.6 Å². The van der Waals surface area contributed by atoms with Gasteiger partial charge in [-0.25, -0.2) is 9.59 Å². The molecule has 1 aromatic heterocycles. The Hall–Kier alpha value is -1.34. The number of rotatable bonds is 4. The van der Waals surface area contributed by atoms with E-state index >= 15 is 0 Å². The van der Waals surface area contributed by atoms with Crippen LogP contribution in [0.15, 0.2) is 22.5 Å². The third-order valence-corrected chi connectivity index (χ3v) is 3.68. The Kier molecular flexibility index (Phi) is 5.36. The van der Waals surface area contributed by atoms with E-state index in [0.717, 1.165) is 3.79 Å². The number of hydrogen-bond donors (Lipinski definition) is 1. The van der Waals surface area contributed by atoms with Crippen molar-refractivity contribution in [2.75, 3.05) is 26.0 Å². The molecule has 1 aromatic rings. The van der Waals surface area contributed by atoms with Crippen LogP contribution < -0.4 is 5.32 Å². The highest BCUT2D eigenvalue weighted by atomic mass is 79.9. The fourth-order valence-electron chi connectivity index (χ4n) is 1.19. The number of halogens is 1. The molecule has 0 fully saturated rings. The Balaban J connectivity index is 2.87. The van der Waals surface area contributed by atoms with Gasteiger partial charge in [-0.05, 0) is 22.0 Å². The van der Waals surface area contributed by atoms with Gasteiger partial charge in [0.2, 0.25) is 0 Å². The third-order valence-electron chi connectivity index (χ3n) is 2.06. The first-order valence-corrected chi connectivity index (χ1v) is 6.61. The van der Waals surface area contributed by atoms with E-state index in [0.29, 0.717) is 17.1 Å². The molecule has 0 aromatic carbocycles. The number of hydrogen-bond acceptors (Lipinski definition) is 4. The number of esters is 1. The molecule has 18 heavy (non-hydrogen) atoms. The van der Waals surface area contributed by atoms with Crippen molar-refractivity contribution in [2.45, 2.75) is 0 Å². The second-order valence-corrected chi connectivity index (χ2v) is 5.82. The molecule has 0 saturated carbocycles. The Labute approximate surface area is 118 Å². The molecule has 0 spiro atoms. The van der Waals surface area contributed by atoms with Crippen molar-refractivity contribution in [1.82, 2.24) is 4.90 Å². The van der Waals surface area contributed by atoms with Gasteiger partial charge in [-0.3, -0.25) is 0 Å². The number of thiophene rings is 1. The largest absolute Gasteiger partial charge is 0.465 e. The van der Waals surface area contributed by atoms with E-state index in [1.54, 1.807) is 19.2 Å². The Morgan fingerprint density at radius 3 is 2.89 bits per heavy atom. The molecule has 0 radical (unpaired) electrons. The predicted octanol–water partition coefficient (Wildman–Crippen LogP) is 2.95. The molecule has 5 nitrogen and oxygen atoms in total. The number of ether oxygens (including phenoxy) is 1. The number of carbonyl (C=O) groups is 2. The predicted molar refractivity (Wildman–Crippen MR) is 75.2 cm³/mol. The zero-order chi connectivity index (χ0) is 13.7. The highest BCUT2D eigenvalue weighted by Crippen LogP contribution is 2.31. The molecular weight excluding hydrogens is 320 g/mol. The first-order chi connectivity index (χ1) is 8.49. The van der Waals surface area contributed by atoms with Crippen LogP contribution in [0.2, 0.25) is 0 Å². The Morgan fingerprint density at radius 2 is 2.33 bits per heavy atom. The van der Waals surface area contributed by atoms with Gasteiger partial charge in [0.05, 0.1) is 16.6 Å². The zero-order valence-corrected chi connectivity index (χ0v) is 12.4. The molecule has 1 heterocycles. The molecule has 98 valence electrons. The molecule has 0 bridgehead atoms. The lowest BCUT2D eigenvalue weighted by molar-refractivity contribution is 0.0607. The van der Waals surface area contributed by atoms with Crippen molar-refractivity contribution >= 4 is 45.0 Å². The minimum atomic E-state index is -0.479. The van der Waals surface area contributed by atoms with Crippen LogP contribution in [0, 0.1) is 0 Å². The van der Waals surface area contributed by atoms with Crippen LogP contribution in [0.5, 0.6) is 0 Å². The third kappa shape index (κ3) is 3.58. The number of likely N-dealkylation sites (N-methyl/N-ethyl adjacent to an activating group) is 1. The lowest BCUT2D eigenvalue weighted by Gasteiger charge is -2.15. The number of urea groups is 1. The van der Waals surface area contributed by atoms with Crippen molar-refractivity contribution in [1.29, 1.82) is 0 Å². The molecule has 1 N–H and O–H groups in total. The molecular formula is C11H13BrN2O3S. The highest BCUT2D eigenvalue weighted by molar-refractivity contribution is 9.11. The zero-order valence-electron chi connectivity index (χ0n) is 10.0. The van der Waals surface area contributed by atoms with E-state index in [9.17, 15) is 9.59 Å². The molecule has 2 amide bonds. The van der Waals surface area contributed by atoms with Crippen LogP contribution in [0.25, 0.3) is 0 Å². The minimum absolute atomic E-state index is 0.314. The number of nitrogens with one attached hydrogen (secondary N) is 1. The maximum atomic E-state index is 11.8. The molecule has 0 unspecified atom stereocenters. The average molecular weight is 333 g/mol. The normalized spacial score (nSPS) is 9.72. The lowest BCUT2D eigenvalue weighted by Crippen LogP contribution is -2.31. The summed E-state index contributed by atoms with van der Waals surface area (Å²) in [5, 5.41) is 2.65. The van der Waals surface area contributed by atoms with Crippen molar-refractivity contribution in [2.24, 2.45) is 0 Å². The summed E-state index contributed by atoms with van der Waals surface area (Å²) >= 11 is 4.47. The van der Waals surface area contributed by atoms with Crippen molar-refractivity contribution in [3.05, 3.63) is 27.4 Å². The summed E-state index contributed by atoms with van der Waals surface area (Å²) in [4.78, 5) is 25.1. The summed E-state index contributed by atoms with van der Waals surface area (Å²) in [5.41, 5.74) is 0.430. The SMILES string of the molecule is C=CCN(C)C(=O)Nc1cc(Br)sc1C(=O)OC. The molecule has 0 aliphatic heterocycles. The molecule has 1 rings (SSSR count). The lowest BCUT2D eigenvalue weighted by atomic mass is 10.4. The van der Waals surface area contributed by atoms with Gasteiger partial charge < -0.3 is 15.0 Å². The summed E-state index contributed by atoms with van der Waals surface area (Å²) in [5.74, 6) is -0.479. The summed E-state index contributed by atoms with van der Waals surface area (Å²) in [7, 11) is 2.93. The molecule has 0 aliphatic rings. The van der Waals surface area contributed by atoms with Gasteiger partial charge in [-0.2, -0.15) is 0 Å². The van der Waals surface area contributed by atoms with E-state index in [1.165, 1.54) is 23.3 Å². The van der Waals surface area contributed by atoms with Crippen LogP contribution >= 0.6 is 27.3 Å². The first kappa shape index (κ1) is 14.7. The van der Waals surface area contributed by atoms with Gasteiger partial charge in [0.25, 0.3) is 0 Å². The van der Waals surface area contributed by atoms with Crippen molar-refractivity contribution in [3.63, 3.8) is 0 Å². The van der Waals surface area contributed by atoms with E-state index in [4.69, 9.17) is 0 Å². The van der Waals surface area contributed by atoms with Crippen LogP contribution in [-0.4, -0.2) is 37.6 Å². The second kappa shape index (κ2) is 6.55. The monoisotopic (exact) mass is 332 g/mol. The van der Waals surface area contributed by atoms with Crippen LogP contribution in [0.4, 0.5) is 10.5 Å². The summed E-state index contributed by atoms with van der Waals surface area (Å²) in [6.07, 6.45) is 1.62. The quantitative estimate of drug-likeness (QED) is 0.681. The summed E-state index contributed by atoms with van der Waals surface area (Å²) < 4.78 is 5.39. The second-order valence-electron chi connectivity index (χ2n) is 3.38. The minimum Gasteiger partial charge on any atom is -0.465 e. The van der Waals surface area contributed by atoms with Crippen LogP contribution in [0.3, 0.4) is 0 Å². The maximum Gasteiger partial charge on any atom is 0.350 e. The van der Waals surface area contributed by atoms with Gasteiger partial charge in [0.1, 0.15) is 4.88 Å². The number of methoxy groups -OCH3 is 1. The van der Waals surface area contributed by atoms with E-state index in [-0.39, 0.29) is 6.03 Å². The smallest absolute Gasteiger partial charge is 0.350 e. The molecule has 7 heteroatoms. The van der Waals surface area contributed by atoms with Crippen LogP contribution in [-0.2, 0) is 4.74 Å². The number of carbonyl (C=O) groups excluding carboxylic acids is 2. The first-order valence-electron chi connectivity index (χ1n) is 5.00. The molecule has 0 atom stereocenters. The van der Waals surface area contributed by atoms with E-state index in [2.05, 4.69) is 32.6 Å². The number of anilines is 1.